The Bertz CT molecular complexity index is 469. The molecule has 20 heavy (non-hydrogen) atoms. The van der Waals surface area contributed by atoms with Crippen LogP contribution < -0.4 is 0 Å². The third kappa shape index (κ3) is 3.10. The molecule has 4 heteroatoms. The first-order chi connectivity index (χ1) is 9.72. The number of hydrogen-bond acceptors (Lipinski definition) is 4. The summed E-state index contributed by atoms with van der Waals surface area (Å²) in [5, 5.41) is 4.17. The summed E-state index contributed by atoms with van der Waals surface area (Å²) < 4.78 is 5.39. The van der Waals surface area contributed by atoms with E-state index >= 15 is 0 Å². The van der Waals surface area contributed by atoms with Crippen LogP contribution in [0.2, 0.25) is 0 Å². The Labute approximate surface area is 120 Å². The van der Waals surface area contributed by atoms with Crippen LogP contribution >= 0.6 is 0 Å². The van der Waals surface area contributed by atoms with E-state index in [9.17, 15) is 4.79 Å². The van der Waals surface area contributed by atoms with E-state index in [1.54, 1.807) is 0 Å². The number of aromatic nitrogens is 2. The molecule has 0 aromatic carbocycles. The summed E-state index contributed by atoms with van der Waals surface area (Å²) in [4.78, 5) is 16.4. The molecule has 0 spiro atoms. The lowest BCUT2D eigenvalue weighted by Gasteiger charge is -2.23. The molecule has 4 nitrogen and oxygen atoms in total. The van der Waals surface area contributed by atoms with Gasteiger partial charge in [-0.2, -0.15) is 4.98 Å². The number of Topliss-reactive ketones (excluding diaryl/α,β-unsaturated/α-hetero) is 1. The van der Waals surface area contributed by atoms with Crippen molar-refractivity contribution in [3.63, 3.8) is 0 Å². The van der Waals surface area contributed by atoms with E-state index in [0.717, 1.165) is 37.4 Å². The van der Waals surface area contributed by atoms with Gasteiger partial charge in [0.15, 0.2) is 5.82 Å². The molecule has 3 atom stereocenters. The maximum Gasteiger partial charge on any atom is 0.227 e. The Hall–Kier alpha value is -1.19. The van der Waals surface area contributed by atoms with Crippen molar-refractivity contribution in [2.24, 2.45) is 11.8 Å². The van der Waals surface area contributed by atoms with Gasteiger partial charge in [-0.15, -0.1) is 0 Å². The van der Waals surface area contributed by atoms with Crippen LogP contribution in [0, 0.1) is 11.8 Å². The second kappa shape index (κ2) is 6.06. The monoisotopic (exact) mass is 276 g/mol. The summed E-state index contributed by atoms with van der Waals surface area (Å²) in [6.45, 7) is 2.30. The molecule has 2 aliphatic rings. The fourth-order valence-electron chi connectivity index (χ4n) is 3.67. The van der Waals surface area contributed by atoms with Crippen molar-refractivity contribution in [2.75, 3.05) is 0 Å². The molecule has 0 bridgehead atoms. The fourth-order valence-corrected chi connectivity index (χ4v) is 3.67. The van der Waals surface area contributed by atoms with Gasteiger partial charge in [0.05, 0.1) is 0 Å². The number of carbonyl (C=O) groups is 1. The molecule has 0 amide bonds. The smallest absolute Gasteiger partial charge is 0.227 e. The topological polar surface area (TPSA) is 56.0 Å². The van der Waals surface area contributed by atoms with E-state index in [1.165, 1.54) is 25.7 Å². The summed E-state index contributed by atoms with van der Waals surface area (Å²) >= 11 is 0. The number of hydrogen-bond donors (Lipinski definition) is 0. The standard InChI is InChI=1S/C16H24N2O2/c1-11-5-4-7-13(9-11)16-17-15(20-18-16)10-12-6-2-3-8-14(12)19/h11-13H,2-10H2,1H3. The molecule has 2 aliphatic carbocycles. The van der Waals surface area contributed by atoms with Gasteiger partial charge in [0.25, 0.3) is 0 Å². The molecule has 1 heterocycles. The lowest BCUT2D eigenvalue weighted by Crippen LogP contribution is -2.21. The zero-order chi connectivity index (χ0) is 13.9. The van der Waals surface area contributed by atoms with Gasteiger partial charge >= 0.3 is 0 Å². The van der Waals surface area contributed by atoms with Gasteiger partial charge in [-0.3, -0.25) is 4.79 Å². The first-order valence-electron chi connectivity index (χ1n) is 8.07. The normalized spacial score (nSPS) is 31.4. The van der Waals surface area contributed by atoms with Crippen LogP contribution in [-0.2, 0) is 11.2 Å². The van der Waals surface area contributed by atoms with Crippen molar-refractivity contribution in [2.45, 2.75) is 70.6 Å². The van der Waals surface area contributed by atoms with Gasteiger partial charge in [-0.25, -0.2) is 0 Å². The number of ketones is 1. The second-order valence-electron chi connectivity index (χ2n) is 6.63. The Morgan fingerprint density at radius 2 is 2.10 bits per heavy atom. The highest BCUT2D eigenvalue weighted by Crippen LogP contribution is 2.34. The van der Waals surface area contributed by atoms with E-state index in [-0.39, 0.29) is 5.92 Å². The van der Waals surface area contributed by atoms with E-state index in [4.69, 9.17) is 4.52 Å². The summed E-state index contributed by atoms with van der Waals surface area (Å²) in [5.41, 5.74) is 0. The summed E-state index contributed by atoms with van der Waals surface area (Å²) in [5.74, 6) is 3.24. The van der Waals surface area contributed by atoms with Gasteiger partial charge < -0.3 is 4.52 Å². The molecule has 0 N–H and O–H groups in total. The molecule has 2 saturated carbocycles. The summed E-state index contributed by atoms with van der Waals surface area (Å²) in [6.07, 6.45) is 9.47. The van der Waals surface area contributed by atoms with Gasteiger partial charge in [0.2, 0.25) is 5.89 Å². The molecule has 0 aliphatic heterocycles. The van der Waals surface area contributed by atoms with Crippen LogP contribution in [0.3, 0.4) is 0 Å². The highest BCUT2D eigenvalue weighted by molar-refractivity contribution is 5.81. The fraction of sp³-hybridized carbons (Fsp3) is 0.812. The number of rotatable bonds is 3. The molecule has 2 fully saturated rings. The van der Waals surface area contributed by atoms with Crippen molar-refractivity contribution >= 4 is 5.78 Å². The van der Waals surface area contributed by atoms with Crippen molar-refractivity contribution in [1.29, 1.82) is 0 Å². The molecule has 0 radical (unpaired) electrons. The Morgan fingerprint density at radius 3 is 2.90 bits per heavy atom. The molecule has 3 unspecified atom stereocenters. The first-order valence-corrected chi connectivity index (χ1v) is 8.07. The van der Waals surface area contributed by atoms with Crippen LogP contribution in [-0.4, -0.2) is 15.9 Å². The van der Waals surface area contributed by atoms with E-state index in [0.29, 0.717) is 24.0 Å². The lowest BCUT2D eigenvalue weighted by molar-refractivity contribution is -0.124. The largest absolute Gasteiger partial charge is 0.339 e. The SMILES string of the molecule is CC1CCCC(c2noc(CC3CCCCC3=O)n2)C1. The maximum atomic E-state index is 11.9. The summed E-state index contributed by atoms with van der Waals surface area (Å²) in [7, 11) is 0. The van der Waals surface area contributed by atoms with Gasteiger partial charge in [-0.05, 0) is 31.6 Å². The van der Waals surface area contributed by atoms with Crippen molar-refractivity contribution in [3.8, 4) is 0 Å². The van der Waals surface area contributed by atoms with Gasteiger partial charge in [0, 0.05) is 24.7 Å². The molecule has 110 valence electrons. The predicted octanol–water partition coefficient (Wildman–Crippen LogP) is 3.67. The third-order valence-electron chi connectivity index (χ3n) is 4.89. The second-order valence-corrected chi connectivity index (χ2v) is 6.63. The van der Waals surface area contributed by atoms with Crippen LogP contribution in [0.1, 0.15) is 75.9 Å². The van der Waals surface area contributed by atoms with Crippen LogP contribution in [0.25, 0.3) is 0 Å². The molecule has 3 rings (SSSR count). The van der Waals surface area contributed by atoms with E-state index in [2.05, 4.69) is 17.1 Å². The minimum absolute atomic E-state index is 0.113. The Kier molecular flexibility index (Phi) is 4.18. The quantitative estimate of drug-likeness (QED) is 0.845. The van der Waals surface area contributed by atoms with Crippen LogP contribution in [0.4, 0.5) is 0 Å². The summed E-state index contributed by atoms with van der Waals surface area (Å²) in [6, 6.07) is 0. The zero-order valence-corrected chi connectivity index (χ0v) is 12.3. The highest BCUT2D eigenvalue weighted by atomic mass is 16.5. The lowest BCUT2D eigenvalue weighted by atomic mass is 9.82. The minimum Gasteiger partial charge on any atom is -0.339 e. The Morgan fingerprint density at radius 1 is 1.20 bits per heavy atom. The van der Waals surface area contributed by atoms with E-state index in [1.807, 2.05) is 0 Å². The van der Waals surface area contributed by atoms with Crippen molar-refractivity contribution < 1.29 is 9.32 Å². The third-order valence-corrected chi connectivity index (χ3v) is 4.89. The Balaban J connectivity index is 1.62. The van der Waals surface area contributed by atoms with Crippen LogP contribution in [0.5, 0.6) is 0 Å². The van der Waals surface area contributed by atoms with E-state index < -0.39 is 0 Å². The number of carbonyl (C=O) groups excluding carboxylic acids is 1. The van der Waals surface area contributed by atoms with Crippen molar-refractivity contribution in [1.82, 2.24) is 10.1 Å². The van der Waals surface area contributed by atoms with Crippen molar-refractivity contribution in [3.05, 3.63) is 11.7 Å². The molecule has 0 saturated heterocycles. The highest BCUT2D eigenvalue weighted by Gasteiger charge is 2.27. The molecular weight excluding hydrogens is 252 g/mol. The molecular formula is C16H24N2O2. The number of nitrogens with zero attached hydrogens (tertiary/aromatic N) is 2. The average molecular weight is 276 g/mol. The van der Waals surface area contributed by atoms with Gasteiger partial charge in [0.1, 0.15) is 5.78 Å². The molecule has 1 aromatic rings. The van der Waals surface area contributed by atoms with Crippen LogP contribution in [0.15, 0.2) is 4.52 Å². The van der Waals surface area contributed by atoms with Gasteiger partial charge in [-0.1, -0.05) is 31.3 Å². The molecule has 1 aromatic heterocycles. The average Bonchev–Trinajstić information content (AvgIpc) is 2.90. The zero-order valence-electron chi connectivity index (χ0n) is 12.3. The maximum absolute atomic E-state index is 11.9. The predicted molar refractivity (Wildman–Crippen MR) is 75.3 cm³/mol. The minimum atomic E-state index is 0.113. The first kappa shape index (κ1) is 13.8.